The largest absolute Gasteiger partial charge is 0.382 e. The molecule has 1 aromatic heterocycles. The van der Waals surface area contributed by atoms with E-state index in [1.54, 1.807) is 0 Å². The highest BCUT2D eigenvalue weighted by molar-refractivity contribution is 5.44. The number of H-pyrrole nitrogens is 1. The minimum atomic E-state index is 0.380. The lowest BCUT2D eigenvalue weighted by Gasteiger charge is -2.27. The van der Waals surface area contributed by atoms with Crippen LogP contribution < -0.4 is 5.73 Å². The van der Waals surface area contributed by atoms with E-state index in [0.717, 1.165) is 6.42 Å². The lowest BCUT2D eigenvalue weighted by molar-refractivity contribution is 0.325. The third kappa shape index (κ3) is 2.33. The molecular weight excluding hydrogens is 210 g/mol. The van der Waals surface area contributed by atoms with Crippen LogP contribution in [0.3, 0.4) is 0 Å². The number of aromatic amines is 1. The summed E-state index contributed by atoms with van der Waals surface area (Å²) < 4.78 is 0. The summed E-state index contributed by atoms with van der Waals surface area (Å²) in [6.07, 6.45) is 4.92. The second-order valence-corrected chi connectivity index (χ2v) is 6.53. The fourth-order valence-electron chi connectivity index (χ4n) is 3.17. The Labute approximate surface area is 104 Å². The van der Waals surface area contributed by atoms with Crippen LogP contribution in [0.4, 0.5) is 5.82 Å². The van der Waals surface area contributed by atoms with Crippen LogP contribution in [0, 0.1) is 11.3 Å². The van der Waals surface area contributed by atoms with Crippen molar-refractivity contribution in [1.82, 2.24) is 10.2 Å². The first-order valence-corrected chi connectivity index (χ1v) is 6.74. The zero-order valence-electron chi connectivity index (χ0n) is 11.5. The van der Waals surface area contributed by atoms with Crippen molar-refractivity contribution in [3.05, 3.63) is 11.3 Å². The Hall–Kier alpha value is -0.990. The quantitative estimate of drug-likeness (QED) is 0.842. The number of aromatic nitrogens is 2. The predicted octanol–water partition coefficient (Wildman–Crippen LogP) is 3.48. The molecule has 1 atom stereocenters. The lowest BCUT2D eigenvalue weighted by atomic mass is 9.78. The van der Waals surface area contributed by atoms with Gasteiger partial charge in [-0.1, -0.05) is 34.1 Å². The fraction of sp³-hybridized carbons (Fsp3) is 0.786. The average Bonchev–Trinajstić information content (AvgIpc) is 2.71. The molecule has 0 bridgehead atoms. The Bertz CT molecular complexity index is 390. The van der Waals surface area contributed by atoms with Crippen LogP contribution in [-0.2, 0) is 6.42 Å². The molecule has 0 radical (unpaired) electrons. The Kier molecular flexibility index (Phi) is 3.19. The van der Waals surface area contributed by atoms with Gasteiger partial charge in [0.1, 0.15) is 5.82 Å². The van der Waals surface area contributed by atoms with Gasteiger partial charge < -0.3 is 5.73 Å². The monoisotopic (exact) mass is 235 g/mol. The summed E-state index contributed by atoms with van der Waals surface area (Å²) in [5.41, 5.74) is 8.95. The van der Waals surface area contributed by atoms with E-state index in [1.165, 1.54) is 30.5 Å². The van der Waals surface area contributed by atoms with E-state index in [9.17, 15) is 0 Å². The second kappa shape index (κ2) is 4.35. The molecule has 1 saturated carbocycles. The molecule has 3 heteroatoms. The summed E-state index contributed by atoms with van der Waals surface area (Å²) >= 11 is 0. The van der Waals surface area contributed by atoms with Gasteiger partial charge in [-0.3, -0.25) is 5.10 Å². The van der Waals surface area contributed by atoms with Crippen molar-refractivity contribution in [2.75, 3.05) is 5.73 Å². The Morgan fingerprint density at radius 3 is 2.71 bits per heavy atom. The van der Waals surface area contributed by atoms with E-state index in [4.69, 9.17) is 5.73 Å². The van der Waals surface area contributed by atoms with Crippen molar-refractivity contribution in [2.24, 2.45) is 11.3 Å². The van der Waals surface area contributed by atoms with Crippen molar-refractivity contribution < 1.29 is 0 Å². The minimum absolute atomic E-state index is 0.380. The molecule has 1 aromatic rings. The zero-order valence-corrected chi connectivity index (χ0v) is 11.5. The normalized spacial score (nSPS) is 23.5. The third-order valence-corrected chi connectivity index (χ3v) is 4.15. The summed E-state index contributed by atoms with van der Waals surface area (Å²) in [7, 11) is 0. The molecule has 0 aromatic carbocycles. The molecule has 1 aliphatic carbocycles. The average molecular weight is 235 g/mol. The molecule has 17 heavy (non-hydrogen) atoms. The Morgan fingerprint density at radius 2 is 2.18 bits per heavy atom. The molecule has 1 unspecified atom stereocenters. The van der Waals surface area contributed by atoms with E-state index in [2.05, 4.69) is 37.9 Å². The first-order chi connectivity index (χ1) is 7.92. The number of nitrogens with two attached hydrogens (primary N) is 1. The van der Waals surface area contributed by atoms with Gasteiger partial charge in [0, 0.05) is 17.2 Å². The van der Waals surface area contributed by atoms with Gasteiger partial charge in [-0.15, -0.1) is 0 Å². The maximum absolute atomic E-state index is 6.00. The third-order valence-electron chi connectivity index (χ3n) is 4.15. The summed E-state index contributed by atoms with van der Waals surface area (Å²) in [5.74, 6) is 1.93. The van der Waals surface area contributed by atoms with Gasteiger partial charge in [0.2, 0.25) is 0 Å². The minimum Gasteiger partial charge on any atom is -0.382 e. The highest BCUT2D eigenvalue weighted by Gasteiger charge is 2.38. The highest BCUT2D eigenvalue weighted by Crippen LogP contribution is 2.49. The van der Waals surface area contributed by atoms with Crippen molar-refractivity contribution >= 4 is 5.82 Å². The summed E-state index contributed by atoms with van der Waals surface area (Å²) in [6, 6.07) is 0. The Morgan fingerprint density at radius 1 is 1.47 bits per heavy atom. The van der Waals surface area contributed by atoms with Crippen molar-refractivity contribution in [1.29, 1.82) is 0 Å². The van der Waals surface area contributed by atoms with E-state index < -0.39 is 0 Å². The first-order valence-electron chi connectivity index (χ1n) is 6.74. The predicted molar refractivity (Wildman–Crippen MR) is 71.9 cm³/mol. The van der Waals surface area contributed by atoms with E-state index in [0.29, 0.717) is 23.1 Å². The molecule has 1 heterocycles. The SMILES string of the molecule is CC(C)Cc1c(N)n[nH]c1C1CCCC1(C)C. The standard InChI is InChI=1S/C14H25N3/c1-9(2)8-10-12(16-17-13(10)15)11-6-5-7-14(11,3)4/h9,11H,5-8H2,1-4H3,(H3,15,16,17). The molecule has 0 amide bonds. The van der Waals surface area contributed by atoms with Gasteiger partial charge >= 0.3 is 0 Å². The van der Waals surface area contributed by atoms with Crippen LogP contribution in [0.1, 0.15) is 64.1 Å². The van der Waals surface area contributed by atoms with Gasteiger partial charge in [-0.05, 0) is 30.6 Å². The van der Waals surface area contributed by atoms with Crippen LogP contribution in [0.5, 0.6) is 0 Å². The number of rotatable bonds is 3. The molecule has 3 nitrogen and oxygen atoms in total. The van der Waals surface area contributed by atoms with Crippen LogP contribution in [0.25, 0.3) is 0 Å². The summed E-state index contributed by atoms with van der Waals surface area (Å²) in [6.45, 7) is 9.19. The first kappa shape index (κ1) is 12.5. The van der Waals surface area contributed by atoms with Gasteiger partial charge in [0.05, 0.1) is 0 Å². The Balaban J connectivity index is 2.32. The second-order valence-electron chi connectivity index (χ2n) is 6.53. The number of nitrogen functional groups attached to an aromatic ring is 1. The number of anilines is 1. The maximum atomic E-state index is 6.00. The number of nitrogens with zero attached hydrogens (tertiary/aromatic N) is 1. The summed E-state index contributed by atoms with van der Waals surface area (Å²) in [4.78, 5) is 0. The smallest absolute Gasteiger partial charge is 0.148 e. The van der Waals surface area contributed by atoms with Crippen molar-refractivity contribution in [3.63, 3.8) is 0 Å². The van der Waals surface area contributed by atoms with Gasteiger partial charge in [0.15, 0.2) is 0 Å². The van der Waals surface area contributed by atoms with Gasteiger partial charge in [-0.25, -0.2) is 0 Å². The maximum Gasteiger partial charge on any atom is 0.148 e. The van der Waals surface area contributed by atoms with E-state index >= 15 is 0 Å². The molecule has 0 spiro atoms. The molecule has 1 fully saturated rings. The van der Waals surface area contributed by atoms with Crippen LogP contribution >= 0.6 is 0 Å². The van der Waals surface area contributed by atoms with Crippen LogP contribution in [0.15, 0.2) is 0 Å². The molecular formula is C14H25N3. The highest BCUT2D eigenvalue weighted by atomic mass is 15.2. The van der Waals surface area contributed by atoms with E-state index in [1.807, 2.05) is 0 Å². The molecule has 0 saturated heterocycles. The lowest BCUT2D eigenvalue weighted by Crippen LogP contribution is -2.17. The molecule has 0 aliphatic heterocycles. The van der Waals surface area contributed by atoms with Gasteiger partial charge in [-0.2, -0.15) is 5.10 Å². The topological polar surface area (TPSA) is 54.7 Å². The van der Waals surface area contributed by atoms with Crippen LogP contribution in [-0.4, -0.2) is 10.2 Å². The fourth-order valence-corrected chi connectivity index (χ4v) is 3.17. The molecule has 2 rings (SSSR count). The number of hydrogen-bond acceptors (Lipinski definition) is 2. The van der Waals surface area contributed by atoms with E-state index in [-0.39, 0.29) is 0 Å². The van der Waals surface area contributed by atoms with Crippen molar-refractivity contribution in [3.8, 4) is 0 Å². The zero-order chi connectivity index (χ0) is 12.6. The summed E-state index contributed by atoms with van der Waals surface area (Å²) in [5, 5.41) is 7.43. The van der Waals surface area contributed by atoms with Crippen molar-refractivity contribution in [2.45, 2.75) is 59.3 Å². The van der Waals surface area contributed by atoms with Crippen LogP contribution in [0.2, 0.25) is 0 Å². The number of nitrogens with one attached hydrogen (secondary N) is 1. The number of hydrogen-bond donors (Lipinski definition) is 2. The molecule has 3 N–H and O–H groups in total. The molecule has 1 aliphatic rings. The molecule has 96 valence electrons. The van der Waals surface area contributed by atoms with Gasteiger partial charge in [0.25, 0.3) is 0 Å².